The number of benzene rings is 3. The average molecular weight is 429 g/mol. The molecule has 0 saturated heterocycles. The molecule has 0 spiro atoms. The maximum atomic E-state index is 12.5. The Hall–Kier alpha value is -4.12. The summed E-state index contributed by atoms with van der Waals surface area (Å²) in [4.78, 5) is 21.9. The van der Waals surface area contributed by atoms with Gasteiger partial charge in [-0.15, -0.1) is 0 Å². The Labute approximate surface area is 170 Å². The number of nitro benzene ring substituents is 1. The lowest BCUT2D eigenvalue weighted by Gasteiger charge is -2.10. The van der Waals surface area contributed by atoms with Gasteiger partial charge in [0, 0.05) is 17.3 Å². The van der Waals surface area contributed by atoms with E-state index in [-0.39, 0.29) is 22.7 Å². The number of hydrogen-bond donors (Lipinski definition) is 4. The van der Waals surface area contributed by atoms with Crippen LogP contribution in [0.1, 0.15) is 10.4 Å². The lowest BCUT2D eigenvalue weighted by molar-refractivity contribution is -0.386. The highest BCUT2D eigenvalue weighted by atomic mass is 32.2. The third-order valence-corrected chi connectivity index (χ3v) is 5.38. The molecule has 0 atom stereocenters. The molecule has 0 bridgehead atoms. The first-order valence-electron chi connectivity index (χ1n) is 8.37. The number of phenols is 2. The molecule has 30 heavy (non-hydrogen) atoms. The third-order valence-electron chi connectivity index (χ3n) is 4.01. The zero-order chi connectivity index (χ0) is 21.9. The molecular weight excluding hydrogens is 414 g/mol. The predicted molar refractivity (Wildman–Crippen MR) is 108 cm³/mol. The van der Waals surface area contributed by atoms with Crippen LogP contribution in [-0.4, -0.2) is 29.5 Å². The van der Waals surface area contributed by atoms with E-state index in [9.17, 15) is 33.5 Å². The Morgan fingerprint density at radius 3 is 2.23 bits per heavy atom. The standard InChI is InChI=1S/C19H15N3O7S/c23-17-4-2-1-3-15(17)20-19(25)12-5-7-13(8-6-12)21-30(28,29)14-9-10-18(24)16(11-14)22(26)27/h1-11,21,23-24H,(H,20,25). The number of hydrogen-bond acceptors (Lipinski definition) is 7. The molecule has 3 rings (SSSR count). The molecule has 3 aromatic carbocycles. The molecule has 3 aromatic rings. The molecule has 4 N–H and O–H groups in total. The molecule has 0 aliphatic heterocycles. The van der Waals surface area contributed by atoms with Gasteiger partial charge in [-0.1, -0.05) is 12.1 Å². The van der Waals surface area contributed by atoms with Gasteiger partial charge in [-0.3, -0.25) is 19.6 Å². The van der Waals surface area contributed by atoms with Crippen molar-refractivity contribution in [3.8, 4) is 11.5 Å². The predicted octanol–water partition coefficient (Wildman–Crippen LogP) is 3.06. The number of rotatable bonds is 6. The minimum atomic E-state index is -4.17. The van der Waals surface area contributed by atoms with Crippen LogP contribution in [0.4, 0.5) is 17.1 Å². The summed E-state index contributed by atoms with van der Waals surface area (Å²) in [6.07, 6.45) is 0. The van der Waals surface area contributed by atoms with Crippen molar-refractivity contribution in [2.75, 3.05) is 10.0 Å². The zero-order valence-corrected chi connectivity index (χ0v) is 16.0. The van der Waals surface area contributed by atoms with Crippen LogP contribution in [0.3, 0.4) is 0 Å². The smallest absolute Gasteiger partial charge is 0.312 e. The molecule has 0 saturated carbocycles. The Bertz CT molecular complexity index is 1230. The number of amides is 1. The molecule has 0 radical (unpaired) electrons. The van der Waals surface area contributed by atoms with Gasteiger partial charge < -0.3 is 15.5 Å². The molecular formula is C19H15N3O7S. The van der Waals surface area contributed by atoms with Crippen molar-refractivity contribution in [3.63, 3.8) is 0 Å². The Morgan fingerprint density at radius 2 is 1.60 bits per heavy atom. The van der Waals surface area contributed by atoms with Gasteiger partial charge in [0.1, 0.15) is 5.75 Å². The summed E-state index contributed by atoms with van der Waals surface area (Å²) in [5.74, 6) is -1.27. The van der Waals surface area contributed by atoms with Crippen LogP contribution < -0.4 is 10.0 Å². The summed E-state index contributed by atoms with van der Waals surface area (Å²) in [6.45, 7) is 0. The summed E-state index contributed by atoms with van der Waals surface area (Å²) >= 11 is 0. The van der Waals surface area contributed by atoms with E-state index in [0.29, 0.717) is 0 Å². The number of aromatic hydroxyl groups is 2. The van der Waals surface area contributed by atoms with E-state index in [1.165, 1.54) is 36.4 Å². The van der Waals surface area contributed by atoms with Gasteiger partial charge in [-0.05, 0) is 48.5 Å². The van der Waals surface area contributed by atoms with Crippen molar-refractivity contribution in [3.05, 3.63) is 82.4 Å². The second-order valence-corrected chi connectivity index (χ2v) is 7.74. The molecule has 0 unspecified atom stereocenters. The van der Waals surface area contributed by atoms with Crippen LogP contribution in [0, 0.1) is 10.1 Å². The quantitative estimate of drug-likeness (QED) is 0.266. The topological polar surface area (TPSA) is 159 Å². The van der Waals surface area contributed by atoms with Crippen molar-refractivity contribution in [2.24, 2.45) is 0 Å². The molecule has 154 valence electrons. The molecule has 0 aliphatic carbocycles. The number of anilines is 2. The van der Waals surface area contributed by atoms with Crippen LogP contribution in [0.2, 0.25) is 0 Å². The lowest BCUT2D eigenvalue weighted by atomic mass is 10.2. The fourth-order valence-electron chi connectivity index (χ4n) is 2.49. The van der Waals surface area contributed by atoms with E-state index in [0.717, 1.165) is 18.2 Å². The van der Waals surface area contributed by atoms with Crippen LogP contribution in [0.25, 0.3) is 0 Å². The molecule has 0 heterocycles. The van der Waals surface area contributed by atoms with Crippen molar-refractivity contribution in [2.45, 2.75) is 4.90 Å². The molecule has 1 amide bonds. The summed E-state index contributed by atoms with van der Waals surface area (Å²) in [5, 5.41) is 32.6. The highest BCUT2D eigenvalue weighted by molar-refractivity contribution is 7.92. The number of sulfonamides is 1. The van der Waals surface area contributed by atoms with E-state index in [4.69, 9.17) is 0 Å². The maximum absolute atomic E-state index is 12.5. The van der Waals surface area contributed by atoms with Crippen LogP contribution in [0.15, 0.2) is 71.6 Å². The first kappa shape index (κ1) is 20.6. The van der Waals surface area contributed by atoms with Crippen molar-refractivity contribution in [1.29, 1.82) is 0 Å². The van der Waals surface area contributed by atoms with E-state index in [1.54, 1.807) is 12.1 Å². The first-order chi connectivity index (χ1) is 14.2. The second kappa shape index (κ2) is 8.09. The first-order valence-corrected chi connectivity index (χ1v) is 9.85. The Kier molecular flexibility index (Phi) is 5.56. The Morgan fingerprint density at radius 1 is 0.933 bits per heavy atom. The van der Waals surface area contributed by atoms with E-state index in [2.05, 4.69) is 10.0 Å². The van der Waals surface area contributed by atoms with E-state index in [1.807, 2.05) is 0 Å². The fourth-order valence-corrected chi connectivity index (χ4v) is 3.57. The highest BCUT2D eigenvalue weighted by Gasteiger charge is 2.21. The van der Waals surface area contributed by atoms with Crippen molar-refractivity contribution < 1.29 is 28.3 Å². The number of carbonyl (C=O) groups is 1. The van der Waals surface area contributed by atoms with Gasteiger partial charge in [0.2, 0.25) is 0 Å². The number of para-hydroxylation sites is 2. The third kappa shape index (κ3) is 4.47. The summed E-state index contributed by atoms with van der Waals surface area (Å²) < 4.78 is 27.2. The van der Waals surface area contributed by atoms with Crippen LogP contribution in [0.5, 0.6) is 11.5 Å². The van der Waals surface area contributed by atoms with E-state index < -0.39 is 37.2 Å². The fraction of sp³-hybridized carbons (Fsp3) is 0. The zero-order valence-electron chi connectivity index (χ0n) is 15.1. The molecule has 0 aliphatic rings. The average Bonchev–Trinajstić information content (AvgIpc) is 2.70. The Balaban J connectivity index is 1.76. The second-order valence-electron chi connectivity index (χ2n) is 6.06. The molecule has 0 fully saturated rings. The summed E-state index contributed by atoms with van der Waals surface area (Å²) in [5.41, 5.74) is -0.193. The van der Waals surface area contributed by atoms with Gasteiger partial charge >= 0.3 is 5.69 Å². The number of nitrogens with one attached hydrogen (secondary N) is 2. The maximum Gasteiger partial charge on any atom is 0.312 e. The van der Waals surface area contributed by atoms with Crippen LogP contribution in [-0.2, 0) is 10.0 Å². The van der Waals surface area contributed by atoms with Gasteiger partial charge in [0.05, 0.1) is 15.5 Å². The number of carbonyl (C=O) groups excluding carboxylic acids is 1. The van der Waals surface area contributed by atoms with Gasteiger partial charge in [0.25, 0.3) is 15.9 Å². The van der Waals surface area contributed by atoms with Gasteiger partial charge in [-0.25, -0.2) is 8.42 Å². The minimum absolute atomic E-state index is 0.0989. The monoisotopic (exact) mass is 429 g/mol. The lowest BCUT2D eigenvalue weighted by Crippen LogP contribution is -2.14. The number of phenolic OH excluding ortho intramolecular Hbond substituents is 2. The van der Waals surface area contributed by atoms with Gasteiger partial charge in [-0.2, -0.15) is 0 Å². The van der Waals surface area contributed by atoms with Crippen molar-refractivity contribution >= 4 is 33.0 Å². The molecule has 11 heteroatoms. The SMILES string of the molecule is O=C(Nc1ccccc1O)c1ccc(NS(=O)(=O)c2ccc(O)c([N+](=O)[O-])c2)cc1. The highest BCUT2D eigenvalue weighted by Crippen LogP contribution is 2.29. The van der Waals surface area contributed by atoms with Crippen LogP contribution >= 0.6 is 0 Å². The molecule has 0 aromatic heterocycles. The number of nitro groups is 1. The van der Waals surface area contributed by atoms with Crippen molar-refractivity contribution in [1.82, 2.24) is 0 Å². The molecule has 10 nitrogen and oxygen atoms in total. The summed E-state index contributed by atoms with van der Waals surface area (Å²) in [6, 6.07) is 14.3. The normalized spacial score (nSPS) is 10.9. The largest absolute Gasteiger partial charge is 0.506 e. The van der Waals surface area contributed by atoms with E-state index >= 15 is 0 Å². The minimum Gasteiger partial charge on any atom is -0.506 e. The number of nitrogens with zero attached hydrogens (tertiary/aromatic N) is 1. The van der Waals surface area contributed by atoms with Gasteiger partial charge in [0.15, 0.2) is 5.75 Å². The summed E-state index contributed by atoms with van der Waals surface area (Å²) in [7, 11) is -4.17.